The van der Waals surface area contributed by atoms with E-state index in [1.807, 2.05) is 24.9 Å². The lowest BCUT2D eigenvalue weighted by Crippen LogP contribution is -2.59. The zero-order valence-electron chi connectivity index (χ0n) is 25.4. The van der Waals surface area contributed by atoms with Crippen molar-refractivity contribution in [2.75, 3.05) is 58.3 Å². The van der Waals surface area contributed by atoms with Gasteiger partial charge in [0.15, 0.2) is 0 Å². The van der Waals surface area contributed by atoms with Crippen LogP contribution in [-0.4, -0.2) is 112 Å². The monoisotopic (exact) mass is 645 g/mol. The lowest BCUT2D eigenvalue weighted by molar-refractivity contribution is -0.187. The molecular weight excluding hydrogens is 611 g/mol. The number of hydrogen-bond acceptors (Lipinski definition) is 8. The average Bonchev–Trinajstić information content (AvgIpc) is 3.64. The number of halogens is 4. The van der Waals surface area contributed by atoms with Gasteiger partial charge >= 0.3 is 18.1 Å². The lowest BCUT2D eigenvalue weighted by atomic mass is 9.90. The normalized spacial score (nSPS) is 22.9. The van der Waals surface area contributed by atoms with Crippen LogP contribution in [0.4, 0.5) is 19.0 Å². The number of carbonyl (C=O) groups excluding carboxylic acids is 1. The predicted molar refractivity (Wildman–Crippen MR) is 162 cm³/mol. The van der Waals surface area contributed by atoms with Crippen molar-refractivity contribution in [3.05, 3.63) is 51.1 Å². The maximum atomic E-state index is 13.4. The number of likely N-dealkylation sites (tertiary alicyclic amines) is 1. The van der Waals surface area contributed by atoms with Gasteiger partial charge in [-0.25, -0.2) is 6.57 Å². The highest BCUT2D eigenvalue weighted by molar-refractivity contribution is 6.33. The Morgan fingerprint density at radius 2 is 2.00 bits per heavy atom. The number of aryl methyl sites for hydroxylation is 1. The van der Waals surface area contributed by atoms with Crippen LogP contribution in [0.1, 0.15) is 41.3 Å². The van der Waals surface area contributed by atoms with E-state index < -0.39 is 18.1 Å². The Hall–Kier alpha value is -3.67. The first-order valence-corrected chi connectivity index (χ1v) is 15.3. The van der Waals surface area contributed by atoms with Crippen LogP contribution >= 0.6 is 11.6 Å². The fourth-order valence-electron chi connectivity index (χ4n) is 6.83. The number of carbonyl (C=O) groups is 1. The first kappa shape index (κ1) is 31.3. The van der Waals surface area contributed by atoms with Gasteiger partial charge in [0.1, 0.15) is 18.5 Å². The third-order valence-corrected chi connectivity index (χ3v) is 9.78. The molecule has 0 saturated carbocycles. The Bertz CT molecular complexity index is 1640. The molecule has 5 heterocycles. The minimum absolute atomic E-state index is 0.0327. The number of ether oxygens (including phenoxy) is 1. The summed E-state index contributed by atoms with van der Waals surface area (Å²) in [5.41, 5.74) is 4.36. The minimum atomic E-state index is -5.01. The average molecular weight is 646 g/mol. The number of hydrogen-bond donors (Lipinski definition) is 1. The number of benzene rings is 1. The molecular formula is C30H35ClF3N9O2. The maximum Gasteiger partial charge on any atom is 0.471 e. The third kappa shape index (κ3) is 6.01. The van der Waals surface area contributed by atoms with Crippen molar-refractivity contribution in [2.24, 2.45) is 0 Å². The van der Waals surface area contributed by atoms with Crippen LogP contribution in [0.5, 0.6) is 6.01 Å². The molecule has 1 amide bonds. The summed E-state index contributed by atoms with van der Waals surface area (Å²) >= 11 is 6.92. The molecule has 0 bridgehead atoms. The molecule has 3 aliphatic heterocycles. The number of anilines is 1. The molecule has 6 rings (SSSR count). The Balaban J connectivity index is 1.37. The second-order valence-electron chi connectivity index (χ2n) is 12.2. The third-order valence-electron chi connectivity index (χ3n) is 9.28. The highest BCUT2D eigenvalue weighted by Gasteiger charge is 2.47. The molecule has 2 aromatic heterocycles. The molecule has 1 aromatic carbocycles. The highest BCUT2D eigenvalue weighted by atomic mass is 35.5. The van der Waals surface area contributed by atoms with Crippen LogP contribution in [0, 0.1) is 13.5 Å². The van der Waals surface area contributed by atoms with E-state index in [2.05, 4.69) is 31.9 Å². The summed E-state index contributed by atoms with van der Waals surface area (Å²) in [6, 6.07) is 1.32. The number of piperazine rings is 1. The number of likely N-dealkylation sites (N-methyl/N-ethyl adjacent to an activating group) is 2. The molecule has 3 aromatic rings. The summed E-state index contributed by atoms with van der Waals surface area (Å²) in [4.78, 5) is 32.3. The SMILES string of the molecule is [C-]#[N+]C[C@H]1CN(c2nc(OC[C@@H]3CCCN3C)nc3c2CN(C)C(c2c(Cl)c(C)cc4[nH]ncc24)C3)CCN1C(=O)C(F)(F)F. The van der Waals surface area contributed by atoms with Crippen molar-refractivity contribution in [1.29, 1.82) is 0 Å². The van der Waals surface area contributed by atoms with Crippen LogP contribution in [0.25, 0.3) is 15.7 Å². The Kier molecular flexibility index (Phi) is 8.53. The van der Waals surface area contributed by atoms with Gasteiger partial charge in [0, 0.05) is 60.7 Å². The van der Waals surface area contributed by atoms with Crippen molar-refractivity contribution in [1.82, 2.24) is 34.9 Å². The Labute approximate surface area is 264 Å². The number of rotatable bonds is 6. The van der Waals surface area contributed by atoms with Gasteiger partial charge < -0.3 is 24.3 Å². The molecule has 0 aliphatic carbocycles. The summed E-state index contributed by atoms with van der Waals surface area (Å²) in [5, 5.41) is 8.87. The van der Waals surface area contributed by atoms with Crippen molar-refractivity contribution < 1.29 is 22.7 Å². The number of nitrogens with one attached hydrogen (secondary N) is 1. The molecule has 1 N–H and O–H groups in total. The van der Waals surface area contributed by atoms with E-state index in [1.54, 1.807) is 6.20 Å². The van der Waals surface area contributed by atoms with Gasteiger partial charge in [0.05, 0.1) is 17.4 Å². The van der Waals surface area contributed by atoms with Gasteiger partial charge in [-0.1, -0.05) is 11.6 Å². The number of H-pyrrole nitrogens is 1. The Morgan fingerprint density at radius 1 is 1.20 bits per heavy atom. The number of aromatic amines is 1. The van der Waals surface area contributed by atoms with Crippen molar-refractivity contribution in [2.45, 2.75) is 57.0 Å². The van der Waals surface area contributed by atoms with Crippen molar-refractivity contribution in [3.63, 3.8) is 0 Å². The minimum Gasteiger partial charge on any atom is -0.462 e. The van der Waals surface area contributed by atoms with Gasteiger partial charge in [-0.05, 0) is 57.6 Å². The Morgan fingerprint density at radius 3 is 2.71 bits per heavy atom. The van der Waals surface area contributed by atoms with Crippen molar-refractivity contribution in [3.8, 4) is 6.01 Å². The largest absolute Gasteiger partial charge is 0.471 e. The van der Waals surface area contributed by atoms with Gasteiger partial charge in [0.25, 0.3) is 0 Å². The van der Waals surface area contributed by atoms with E-state index in [0.717, 1.165) is 57.6 Å². The summed E-state index contributed by atoms with van der Waals surface area (Å²) in [5.74, 6) is -1.37. The summed E-state index contributed by atoms with van der Waals surface area (Å²) in [6.45, 7) is 10.9. The number of amides is 1. The molecule has 11 nitrogen and oxygen atoms in total. The lowest BCUT2D eigenvalue weighted by Gasteiger charge is -2.42. The highest BCUT2D eigenvalue weighted by Crippen LogP contribution is 2.42. The van der Waals surface area contributed by atoms with Gasteiger partial charge in [-0.3, -0.25) is 14.8 Å². The summed E-state index contributed by atoms with van der Waals surface area (Å²) in [7, 11) is 4.05. The number of nitrogens with zero attached hydrogens (tertiary/aromatic N) is 8. The van der Waals surface area contributed by atoms with E-state index in [9.17, 15) is 18.0 Å². The molecule has 2 fully saturated rings. The number of aromatic nitrogens is 4. The molecule has 2 saturated heterocycles. The van der Waals surface area contributed by atoms with Gasteiger partial charge in [0.2, 0.25) is 6.54 Å². The quantitative estimate of drug-likeness (QED) is 0.402. The molecule has 240 valence electrons. The van der Waals surface area contributed by atoms with Crippen LogP contribution in [-0.2, 0) is 17.8 Å². The van der Waals surface area contributed by atoms with E-state index >= 15 is 0 Å². The number of alkyl halides is 3. The van der Waals surface area contributed by atoms with Crippen LogP contribution in [0.15, 0.2) is 12.3 Å². The first-order chi connectivity index (χ1) is 21.5. The van der Waals surface area contributed by atoms with Gasteiger partial charge in [-0.2, -0.15) is 28.2 Å². The summed E-state index contributed by atoms with van der Waals surface area (Å²) < 4.78 is 46.4. The zero-order chi connectivity index (χ0) is 32.0. The van der Waals surface area contributed by atoms with E-state index in [1.165, 1.54) is 0 Å². The smallest absolute Gasteiger partial charge is 0.462 e. The topological polar surface area (TPSA) is 98.1 Å². The molecule has 0 radical (unpaired) electrons. The summed E-state index contributed by atoms with van der Waals surface area (Å²) in [6.07, 6.45) is -0.668. The predicted octanol–water partition coefficient (Wildman–Crippen LogP) is 4.02. The van der Waals surface area contributed by atoms with E-state index in [-0.39, 0.29) is 44.3 Å². The molecule has 1 unspecified atom stereocenters. The van der Waals surface area contributed by atoms with Crippen LogP contribution in [0.3, 0.4) is 0 Å². The second-order valence-corrected chi connectivity index (χ2v) is 12.5. The van der Waals surface area contributed by atoms with Gasteiger partial charge in [-0.15, -0.1) is 0 Å². The van der Waals surface area contributed by atoms with E-state index in [4.69, 9.17) is 32.9 Å². The van der Waals surface area contributed by atoms with E-state index in [0.29, 0.717) is 30.4 Å². The first-order valence-electron chi connectivity index (χ1n) is 15.0. The fraction of sp³-hybridized carbons (Fsp3) is 0.567. The molecule has 45 heavy (non-hydrogen) atoms. The molecule has 0 spiro atoms. The standard InChI is InChI=1S/C30H35ClF3N9O2/c1-17-10-23-20(13-36-39-23)25(26(17)31)24-11-22-21(15-41(24)4)27(38-29(37-22)45-16-18-6-5-7-40(18)3)42-8-9-43(19(14-42)12-35-2)28(44)30(32,33)34/h10,13,18-19,24H,5-9,11-12,14-16H2,1,3-4H3,(H,36,39)/t18-,19-,24?/m0/s1. The second kappa shape index (κ2) is 12.3. The van der Waals surface area contributed by atoms with Crippen LogP contribution < -0.4 is 9.64 Å². The molecule has 3 aliphatic rings. The van der Waals surface area contributed by atoms with Crippen LogP contribution in [0.2, 0.25) is 5.02 Å². The number of fused-ring (bicyclic) bond motifs is 2. The maximum absolute atomic E-state index is 13.4. The van der Waals surface area contributed by atoms with Crippen molar-refractivity contribution >= 4 is 34.2 Å². The zero-order valence-corrected chi connectivity index (χ0v) is 26.1. The molecule has 3 atom stereocenters. The fourth-order valence-corrected chi connectivity index (χ4v) is 7.11. The molecule has 15 heteroatoms.